The molecule has 1 heterocycles. The van der Waals surface area contributed by atoms with E-state index in [1.165, 1.54) is 6.21 Å². The fourth-order valence-corrected chi connectivity index (χ4v) is 3.62. The summed E-state index contributed by atoms with van der Waals surface area (Å²) in [6.45, 7) is 0. The molecule has 6 nitrogen and oxygen atoms in total. The molecule has 0 spiro atoms. The van der Waals surface area contributed by atoms with Gasteiger partial charge in [0.05, 0.1) is 11.9 Å². The van der Waals surface area contributed by atoms with Crippen LogP contribution in [0.1, 0.15) is 33.7 Å². The summed E-state index contributed by atoms with van der Waals surface area (Å²) in [5.41, 5.74) is 6.43. The monoisotopic (exact) mass is 424 g/mol. The van der Waals surface area contributed by atoms with Crippen molar-refractivity contribution in [2.75, 3.05) is 0 Å². The molecular weight excluding hydrogens is 408 g/mol. The van der Waals surface area contributed by atoms with Crippen LogP contribution in [0.2, 0.25) is 0 Å². The molecule has 2 N–H and O–H groups in total. The van der Waals surface area contributed by atoms with Gasteiger partial charge in [0.25, 0.3) is 5.91 Å². The number of rotatable bonds is 4. The number of aromatic hydroxyl groups is 1. The highest BCUT2D eigenvalue weighted by Gasteiger charge is 2.26. The number of nitrogens with one attached hydrogen (secondary N) is 1. The number of carbonyl (C=O) groups is 1. The predicted molar refractivity (Wildman–Crippen MR) is 106 cm³/mol. The van der Waals surface area contributed by atoms with Gasteiger partial charge in [0, 0.05) is 21.3 Å². The molecule has 27 heavy (non-hydrogen) atoms. The predicted octanol–water partition coefficient (Wildman–Crippen LogP) is 3.59. The highest BCUT2D eigenvalue weighted by Crippen LogP contribution is 2.27. The molecule has 3 aromatic rings. The van der Waals surface area contributed by atoms with E-state index in [0.717, 1.165) is 40.7 Å². The molecule has 2 aromatic carbocycles. The quantitative estimate of drug-likeness (QED) is 0.495. The third kappa shape index (κ3) is 3.50. The molecule has 1 aliphatic carbocycles. The third-order valence-corrected chi connectivity index (χ3v) is 5.00. The van der Waals surface area contributed by atoms with Gasteiger partial charge in [0.2, 0.25) is 0 Å². The zero-order chi connectivity index (χ0) is 18.8. The van der Waals surface area contributed by atoms with Gasteiger partial charge in [-0.1, -0.05) is 34.1 Å². The summed E-state index contributed by atoms with van der Waals surface area (Å²) in [4.78, 5) is 12.6. The van der Waals surface area contributed by atoms with Gasteiger partial charge < -0.3 is 5.11 Å². The number of aromatic nitrogens is 2. The molecule has 4 rings (SSSR count). The molecule has 0 atom stereocenters. The average molecular weight is 425 g/mol. The summed E-state index contributed by atoms with van der Waals surface area (Å²) in [5, 5.41) is 18.3. The van der Waals surface area contributed by atoms with Crippen LogP contribution >= 0.6 is 15.9 Å². The summed E-state index contributed by atoms with van der Waals surface area (Å²) >= 11 is 3.34. The van der Waals surface area contributed by atoms with E-state index in [1.54, 1.807) is 18.2 Å². The lowest BCUT2D eigenvalue weighted by Gasteiger charge is -2.04. The summed E-state index contributed by atoms with van der Waals surface area (Å²) in [6, 6.07) is 14.8. The third-order valence-electron chi connectivity index (χ3n) is 4.51. The molecule has 0 aliphatic heterocycles. The number of carbonyl (C=O) groups excluding carboxylic acids is 1. The Kier molecular flexibility index (Phi) is 4.77. The minimum absolute atomic E-state index is 0.0884. The number of phenolic OH excluding ortho intramolecular Hbond substituents is 1. The minimum atomic E-state index is -0.353. The second-order valence-electron chi connectivity index (χ2n) is 6.28. The number of benzene rings is 2. The smallest absolute Gasteiger partial charge is 0.292 e. The molecule has 1 aromatic heterocycles. The maximum absolute atomic E-state index is 12.6. The maximum Gasteiger partial charge on any atom is 0.292 e. The highest BCUT2D eigenvalue weighted by atomic mass is 79.9. The summed E-state index contributed by atoms with van der Waals surface area (Å²) in [7, 11) is 0. The SMILES string of the molecule is O=C(N/N=C/c1cc(Br)ccc1O)c1nn(-c2ccccc2)c2c1CCC2. The Bertz CT molecular complexity index is 1030. The first-order valence-corrected chi connectivity index (χ1v) is 9.41. The summed E-state index contributed by atoms with van der Waals surface area (Å²) < 4.78 is 2.66. The number of amides is 1. The molecule has 136 valence electrons. The van der Waals surface area contributed by atoms with Gasteiger partial charge in [-0.15, -0.1) is 0 Å². The van der Waals surface area contributed by atoms with Gasteiger partial charge in [0.15, 0.2) is 5.69 Å². The standard InChI is InChI=1S/C20H17BrN4O2/c21-14-9-10-18(26)13(11-14)12-22-23-20(27)19-16-7-4-8-17(16)25(24-19)15-5-2-1-3-6-15/h1-3,5-6,9-12,26H,4,7-8H2,(H,23,27)/b22-12+. The van der Waals surface area contributed by atoms with E-state index >= 15 is 0 Å². The van der Waals surface area contributed by atoms with E-state index in [1.807, 2.05) is 35.0 Å². The fraction of sp³-hybridized carbons (Fsp3) is 0.150. The number of hydrazone groups is 1. The van der Waals surface area contributed by atoms with E-state index in [0.29, 0.717) is 11.3 Å². The van der Waals surface area contributed by atoms with Crippen molar-refractivity contribution in [3.8, 4) is 11.4 Å². The topological polar surface area (TPSA) is 79.5 Å². The largest absolute Gasteiger partial charge is 0.507 e. The molecule has 0 saturated carbocycles. The number of halogens is 1. The van der Waals surface area contributed by atoms with E-state index in [4.69, 9.17) is 0 Å². The van der Waals surface area contributed by atoms with Gasteiger partial charge >= 0.3 is 0 Å². The van der Waals surface area contributed by atoms with Gasteiger partial charge in [-0.2, -0.15) is 10.2 Å². The van der Waals surface area contributed by atoms with Crippen molar-refractivity contribution in [1.82, 2.24) is 15.2 Å². The van der Waals surface area contributed by atoms with Crippen LogP contribution in [0.4, 0.5) is 0 Å². The Labute approximate surface area is 164 Å². The van der Waals surface area contributed by atoms with Crippen molar-refractivity contribution in [3.63, 3.8) is 0 Å². The van der Waals surface area contributed by atoms with Gasteiger partial charge in [-0.25, -0.2) is 10.1 Å². The molecule has 0 unspecified atom stereocenters. The Morgan fingerprint density at radius 3 is 2.85 bits per heavy atom. The first kappa shape index (κ1) is 17.5. The van der Waals surface area contributed by atoms with Crippen LogP contribution in [0.5, 0.6) is 5.75 Å². The number of phenols is 1. The zero-order valence-electron chi connectivity index (χ0n) is 14.4. The molecule has 0 saturated heterocycles. The maximum atomic E-state index is 12.6. The van der Waals surface area contributed by atoms with Crippen LogP contribution in [0, 0.1) is 0 Å². The van der Waals surface area contributed by atoms with E-state index in [9.17, 15) is 9.90 Å². The first-order chi connectivity index (χ1) is 13.1. The number of nitrogens with zero attached hydrogens (tertiary/aromatic N) is 3. The van der Waals surface area contributed by atoms with Gasteiger partial charge in [-0.05, 0) is 49.6 Å². The lowest BCUT2D eigenvalue weighted by atomic mass is 10.2. The normalized spacial score (nSPS) is 13.1. The van der Waals surface area contributed by atoms with Crippen molar-refractivity contribution in [1.29, 1.82) is 0 Å². The van der Waals surface area contributed by atoms with Crippen molar-refractivity contribution in [2.24, 2.45) is 5.10 Å². The van der Waals surface area contributed by atoms with Crippen LogP contribution in [0.3, 0.4) is 0 Å². The lowest BCUT2D eigenvalue weighted by molar-refractivity contribution is 0.0949. The molecule has 7 heteroatoms. The fourth-order valence-electron chi connectivity index (χ4n) is 3.24. The van der Waals surface area contributed by atoms with Crippen molar-refractivity contribution >= 4 is 28.1 Å². The van der Waals surface area contributed by atoms with E-state index < -0.39 is 0 Å². The van der Waals surface area contributed by atoms with Crippen LogP contribution < -0.4 is 5.43 Å². The summed E-state index contributed by atoms with van der Waals surface area (Å²) in [6.07, 6.45) is 4.16. The van der Waals surface area contributed by atoms with Crippen molar-refractivity contribution in [2.45, 2.75) is 19.3 Å². The Hall–Kier alpha value is -2.93. The van der Waals surface area contributed by atoms with Gasteiger partial charge in [0.1, 0.15) is 5.75 Å². The Balaban J connectivity index is 1.58. The second-order valence-corrected chi connectivity index (χ2v) is 7.19. The molecule has 0 bridgehead atoms. The van der Waals surface area contributed by atoms with Crippen LogP contribution in [-0.2, 0) is 12.8 Å². The Morgan fingerprint density at radius 1 is 1.22 bits per heavy atom. The van der Waals surface area contributed by atoms with Crippen LogP contribution in [0.25, 0.3) is 5.69 Å². The molecule has 0 fully saturated rings. The molecule has 1 amide bonds. The number of fused-ring (bicyclic) bond motifs is 1. The number of para-hydroxylation sites is 1. The average Bonchev–Trinajstić information content (AvgIpc) is 3.28. The van der Waals surface area contributed by atoms with Crippen LogP contribution in [-0.4, -0.2) is 27.0 Å². The van der Waals surface area contributed by atoms with E-state index in [-0.39, 0.29) is 11.7 Å². The molecule has 0 radical (unpaired) electrons. The lowest BCUT2D eigenvalue weighted by Crippen LogP contribution is -2.20. The minimum Gasteiger partial charge on any atom is -0.507 e. The van der Waals surface area contributed by atoms with Crippen molar-refractivity contribution in [3.05, 3.63) is 75.5 Å². The van der Waals surface area contributed by atoms with Crippen molar-refractivity contribution < 1.29 is 9.90 Å². The Morgan fingerprint density at radius 2 is 2.04 bits per heavy atom. The van der Waals surface area contributed by atoms with Crippen LogP contribution in [0.15, 0.2) is 58.1 Å². The zero-order valence-corrected chi connectivity index (χ0v) is 16.0. The number of hydrogen-bond acceptors (Lipinski definition) is 4. The highest BCUT2D eigenvalue weighted by molar-refractivity contribution is 9.10. The number of hydrogen-bond donors (Lipinski definition) is 2. The second kappa shape index (κ2) is 7.36. The summed E-state index contributed by atoms with van der Waals surface area (Å²) in [5.74, 6) is -0.265. The molecule has 1 aliphatic rings. The van der Waals surface area contributed by atoms with Gasteiger partial charge in [-0.3, -0.25) is 4.79 Å². The molecular formula is C20H17BrN4O2. The van der Waals surface area contributed by atoms with E-state index in [2.05, 4.69) is 31.6 Å². The first-order valence-electron chi connectivity index (χ1n) is 8.61.